The molecule has 0 saturated heterocycles. The van der Waals surface area contributed by atoms with Gasteiger partial charge in [-0.2, -0.15) is 0 Å². The Bertz CT molecular complexity index is 749. The second-order valence-corrected chi connectivity index (χ2v) is 5.47. The number of hydrogen-bond acceptors (Lipinski definition) is 4. The Morgan fingerprint density at radius 3 is 2.83 bits per heavy atom. The van der Waals surface area contributed by atoms with E-state index < -0.39 is 12.2 Å². The zero-order chi connectivity index (χ0) is 16.9. The fourth-order valence-electron chi connectivity index (χ4n) is 2.52. The molecule has 2 amide bonds. The summed E-state index contributed by atoms with van der Waals surface area (Å²) in [7, 11) is 0. The molecule has 0 saturated carbocycles. The smallest absolute Gasteiger partial charge is 0.412 e. The summed E-state index contributed by atoms with van der Waals surface area (Å²) in [6.07, 6.45) is 0.578. The van der Waals surface area contributed by atoms with Crippen LogP contribution in [0.25, 0.3) is 0 Å². The predicted molar refractivity (Wildman–Crippen MR) is 86.6 cm³/mol. The molecule has 0 fully saturated rings. The first-order valence-electron chi connectivity index (χ1n) is 7.55. The number of carbonyl (C=O) groups is 2. The number of pyridine rings is 1. The highest BCUT2D eigenvalue weighted by Gasteiger charge is 2.21. The fraction of sp³-hybridized carbons (Fsp3) is 0.235. The number of amides is 2. The Hall–Kier alpha value is -3.09. The molecule has 0 bridgehead atoms. The minimum atomic E-state index is -0.950. The third-order valence-electron chi connectivity index (χ3n) is 3.78. The van der Waals surface area contributed by atoms with Crippen LogP contribution in [0.15, 0.2) is 42.6 Å². The molecule has 2 heterocycles. The minimum Gasteiger partial charge on any atom is -0.465 e. The van der Waals surface area contributed by atoms with Crippen LogP contribution in [0.1, 0.15) is 16.8 Å². The number of anilines is 1. The van der Waals surface area contributed by atoms with Crippen molar-refractivity contribution in [2.75, 3.05) is 11.9 Å². The molecular formula is C17H17N3O4. The number of carboxylic acid groups (broad SMARTS) is 1. The topological polar surface area (TPSA) is 91.8 Å². The van der Waals surface area contributed by atoms with Crippen molar-refractivity contribution < 1.29 is 19.4 Å². The number of hydrogen-bond donors (Lipinski definition) is 2. The highest BCUT2D eigenvalue weighted by molar-refractivity contribution is 5.84. The van der Waals surface area contributed by atoms with Crippen molar-refractivity contribution in [1.29, 1.82) is 0 Å². The maximum Gasteiger partial charge on any atom is 0.412 e. The molecule has 0 aliphatic carbocycles. The van der Waals surface area contributed by atoms with Gasteiger partial charge in [-0.1, -0.05) is 30.3 Å². The maximum absolute atomic E-state index is 11.8. The van der Waals surface area contributed by atoms with Gasteiger partial charge in [-0.05, 0) is 23.6 Å². The van der Waals surface area contributed by atoms with E-state index in [1.54, 1.807) is 0 Å². The molecule has 1 aliphatic rings. The van der Waals surface area contributed by atoms with Crippen LogP contribution in [0, 0.1) is 0 Å². The summed E-state index contributed by atoms with van der Waals surface area (Å²) in [5.41, 5.74) is 3.10. The summed E-state index contributed by atoms with van der Waals surface area (Å²) in [5, 5.41) is 11.7. The Kier molecular flexibility index (Phi) is 4.60. The zero-order valence-electron chi connectivity index (χ0n) is 12.9. The summed E-state index contributed by atoms with van der Waals surface area (Å²) >= 11 is 0. The molecule has 1 aromatic carbocycles. The van der Waals surface area contributed by atoms with Crippen molar-refractivity contribution in [2.24, 2.45) is 0 Å². The predicted octanol–water partition coefficient (Wildman–Crippen LogP) is 2.87. The summed E-state index contributed by atoms with van der Waals surface area (Å²) < 4.78 is 5.16. The van der Waals surface area contributed by atoms with E-state index in [2.05, 4.69) is 10.3 Å². The Balaban J connectivity index is 1.58. The second kappa shape index (κ2) is 6.99. The maximum atomic E-state index is 11.8. The number of ether oxygens (including phenoxy) is 1. The zero-order valence-corrected chi connectivity index (χ0v) is 12.9. The van der Waals surface area contributed by atoms with Crippen LogP contribution < -0.4 is 5.32 Å². The van der Waals surface area contributed by atoms with Crippen molar-refractivity contribution in [3.8, 4) is 0 Å². The van der Waals surface area contributed by atoms with E-state index in [4.69, 9.17) is 9.84 Å². The Morgan fingerprint density at radius 2 is 2.08 bits per heavy atom. The third kappa shape index (κ3) is 3.81. The van der Waals surface area contributed by atoms with E-state index in [9.17, 15) is 9.59 Å². The standard InChI is InChI=1S/C17H17N3O4/c21-16(24-11-12-4-2-1-3-5-12)19-14-8-13-6-7-20(17(22)23)10-15(13)18-9-14/h1-5,8-9H,6-7,10-11H2,(H,19,21)(H,22,23). The molecule has 0 radical (unpaired) electrons. The average molecular weight is 327 g/mol. The van der Waals surface area contributed by atoms with Crippen LogP contribution in [0.3, 0.4) is 0 Å². The molecule has 24 heavy (non-hydrogen) atoms. The van der Waals surface area contributed by atoms with E-state index >= 15 is 0 Å². The lowest BCUT2D eigenvalue weighted by Gasteiger charge is -2.25. The van der Waals surface area contributed by atoms with Crippen molar-refractivity contribution in [3.05, 3.63) is 59.4 Å². The van der Waals surface area contributed by atoms with Gasteiger partial charge in [-0.3, -0.25) is 10.3 Å². The molecule has 7 heteroatoms. The van der Waals surface area contributed by atoms with Gasteiger partial charge in [0, 0.05) is 6.54 Å². The lowest BCUT2D eigenvalue weighted by Crippen LogP contribution is -2.35. The van der Waals surface area contributed by atoms with Crippen molar-refractivity contribution in [3.63, 3.8) is 0 Å². The molecular weight excluding hydrogens is 310 g/mol. The second-order valence-electron chi connectivity index (χ2n) is 5.47. The van der Waals surface area contributed by atoms with Gasteiger partial charge in [0.25, 0.3) is 0 Å². The van der Waals surface area contributed by atoms with Crippen molar-refractivity contribution >= 4 is 17.9 Å². The Morgan fingerprint density at radius 1 is 1.29 bits per heavy atom. The van der Waals surface area contributed by atoms with Gasteiger partial charge in [0.15, 0.2) is 0 Å². The first kappa shape index (κ1) is 15.8. The number of fused-ring (bicyclic) bond motifs is 1. The number of benzene rings is 1. The van der Waals surface area contributed by atoms with Crippen LogP contribution in [0.2, 0.25) is 0 Å². The lowest BCUT2D eigenvalue weighted by molar-refractivity contribution is 0.139. The minimum absolute atomic E-state index is 0.193. The van der Waals surface area contributed by atoms with E-state index in [0.717, 1.165) is 11.1 Å². The monoisotopic (exact) mass is 327 g/mol. The molecule has 2 aromatic rings. The molecule has 0 unspecified atom stereocenters. The Labute approximate surface area is 138 Å². The van der Waals surface area contributed by atoms with Gasteiger partial charge in [0.1, 0.15) is 6.61 Å². The molecule has 0 atom stereocenters. The quantitative estimate of drug-likeness (QED) is 0.904. The van der Waals surface area contributed by atoms with Crippen molar-refractivity contribution in [2.45, 2.75) is 19.6 Å². The van der Waals surface area contributed by atoms with Gasteiger partial charge < -0.3 is 14.7 Å². The third-order valence-corrected chi connectivity index (χ3v) is 3.78. The number of nitrogens with zero attached hydrogens (tertiary/aromatic N) is 2. The van der Waals surface area contributed by atoms with E-state index in [1.807, 2.05) is 36.4 Å². The van der Waals surface area contributed by atoms with E-state index in [0.29, 0.717) is 24.3 Å². The molecule has 1 aliphatic heterocycles. The van der Waals surface area contributed by atoms with E-state index in [-0.39, 0.29) is 13.2 Å². The molecule has 124 valence electrons. The molecule has 0 spiro atoms. The van der Waals surface area contributed by atoms with Gasteiger partial charge in [0.05, 0.1) is 24.1 Å². The summed E-state index contributed by atoms with van der Waals surface area (Å²) in [5.74, 6) is 0. The summed E-state index contributed by atoms with van der Waals surface area (Å²) in [6.45, 7) is 0.883. The largest absolute Gasteiger partial charge is 0.465 e. The van der Waals surface area contributed by atoms with Crippen LogP contribution >= 0.6 is 0 Å². The number of aromatic nitrogens is 1. The van der Waals surface area contributed by atoms with Gasteiger partial charge >= 0.3 is 12.2 Å². The van der Waals surface area contributed by atoms with Crippen LogP contribution in [-0.4, -0.2) is 33.7 Å². The highest BCUT2D eigenvalue weighted by atomic mass is 16.5. The van der Waals surface area contributed by atoms with E-state index in [1.165, 1.54) is 11.1 Å². The average Bonchev–Trinajstić information content (AvgIpc) is 2.60. The molecule has 2 N–H and O–H groups in total. The fourth-order valence-corrected chi connectivity index (χ4v) is 2.52. The number of nitrogens with one attached hydrogen (secondary N) is 1. The van der Waals surface area contributed by atoms with Crippen LogP contribution in [0.4, 0.5) is 15.3 Å². The summed E-state index contributed by atoms with van der Waals surface area (Å²) in [4.78, 5) is 28.4. The normalized spacial score (nSPS) is 13.1. The van der Waals surface area contributed by atoms with Crippen LogP contribution in [0.5, 0.6) is 0 Å². The first-order chi connectivity index (χ1) is 11.6. The molecule has 1 aromatic heterocycles. The summed E-state index contributed by atoms with van der Waals surface area (Å²) in [6, 6.07) is 11.2. The van der Waals surface area contributed by atoms with Crippen LogP contribution in [-0.2, 0) is 24.3 Å². The lowest BCUT2D eigenvalue weighted by atomic mass is 10.1. The first-order valence-corrected chi connectivity index (χ1v) is 7.55. The highest BCUT2D eigenvalue weighted by Crippen LogP contribution is 2.20. The number of carbonyl (C=O) groups excluding carboxylic acids is 1. The molecule has 7 nitrogen and oxygen atoms in total. The SMILES string of the molecule is O=C(Nc1cnc2c(c1)CCN(C(=O)O)C2)OCc1ccccc1. The van der Waals surface area contributed by atoms with Gasteiger partial charge in [0.2, 0.25) is 0 Å². The van der Waals surface area contributed by atoms with Gasteiger partial charge in [-0.25, -0.2) is 9.59 Å². The molecule has 3 rings (SSSR count). The number of rotatable bonds is 3. The van der Waals surface area contributed by atoms with Gasteiger partial charge in [-0.15, -0.1) is 0 Å². The van der Waals surface area contributed by atoms with Crippen molar-refractivity contribution in [1.82, 2.24) is 9.88 Å².